The van der Waals surface area contributed by atoms with Crippen LogP contribution in [0.2, 0.25) is 0 Å². The van der Waals surface area contributed by atoms with E-state index in [1.807, 2.05) is 39.9 Å². The quantitative estimate of drug-likeness (QED) is 0.801. The van der Waals surface area contributed by atoms with E-state index in [1.165, 1.54) is 12.8 Å². The molecule has 0 unspecified atom stereocenters. The van der Waals surface area contributed by atoms with E-state index in [4.69, 9.17) is 0 Å². The van der Waals surface area contributed by atoms with Crippen molar-refractivity contribution in [1.82, 2.24) is 19.2 Å². The van der Waals surface area contributed by atoms with Crippen LogP contribution in [0.1, 0.15) is 44.2 Å². The predicted octanol–water partition coefficient (Wildman–Crippen LogP) is 2.52. The Balaban J connectivity index is 1.20. The molecular weight excluding hydrogens is 352 g/mol. The van der Waals surface area contributed by atoms with Gasteiger partial charge in [-0.25, -0.2) is 4.98 Å². The summed E-state index contributed by atoms with van der Waals surface area (Å²) in [7, 11) is 0. The van der Waals surface area contributed by atoms with Crippen LogP contribution >= 0.6 is 0 Å². The van der Waals surface area contributed by atoms with Crippen LogP contribution in [-0.4, -0.2) is 57.2 Å². The highest BCUT2D eigenvalue weighted by atomic mass is 16.2. The Bertz CT molecular complexity index is 870. The Morgan fingerprint density at radius 1 is 1.21 bits per heavy atom. The molecule has 1 aliphatic carbocycles. The second kappa shape index (κ2) is 6.90. The lowest BCUT2D eigenvalue weighted by Crippen LogP contribution is -2.50. The standard InChI is InChI=1S/C22H28N4O2/c27-20(8-7-18-15-24-11-2-1-4-19(24)23-18)26-13-10-22(16-26)9-3-12-25(21(22)28)14-17-5-6-17/h1-2,4,11,15,17H,3,5-10,12-14,16H2/t22-/m1/s1. The maximum absolute atomic E-state index is 13.1. The van der Waals surface area contributed by atoms with E-state index in [0.717, 1.165) is 49.6 Å². The highest BCUT2D eigenvalue weighted by Gasteiger charge is 2.49. The SMILES string of the molecule is O=C(CCc1cn2ccccc2n1)N1CC[C@]2(CCCN(CC3CC3)C2=O)C1. The molecule has 4 heterocycles. The molecule has 148 valence electrons. The van der Waals surface area contributed by atoms with Crippen LogP contribution in [0.5, 0.6) is 0 Å². The zero-order chi connectivity index (χ0) is 19.1. The number of amides is 2. The van der Waals surface area contributed by atoms with Gasteiger partial charge in [-0.15, -0.1) is 0 Å². The van der Waals surface area contributed by atoms with Gasteiger partial charge in [0, 0.05) is 45.0 Å². The number of hydrogen-bond donors (Lipinski definition) is 0. The molecule has 2 saturated heterocycles. The molecule has 1 atom stereocenters. The molecule has 2 aromatic rings. The molecule has 0 bridgehead atoms. The minimum Gasteiger partial charge on any atom is -0.342 e. The maximum Gasteiger partial charge on any atom is 0.230 e. The average molecular weight is 380 g/mol. The fourth-order valence-electron chi connectivity index (χ4n) is 4.90. The summed E-state index contributed by atoms with van der Waals surface area (Å²) in [6.45, 7) is 3.16. The van der Waals surface area contributed by atoms with Gasteiger partial charge in [0.2, 0.25) is 11.8 Å². The Hall–Kier alpha value is -2.37. The molecule has 0 aromatic carbocycles. The summed E-state index contributed by atoms with van der Waals surface area (Å²) in [5.41, 5.74) is 1.54. The minimum atomic E-state index is -0.314. The number of imidazole rings is 1. The van der Waals surface area contributed by atoms with Crippen molar-refractivity contribution >= 4 is 17.5 Å². The van der Waals surface area contributed by atoms with Crippen LogP contribution in [0.25, 0.3) is 5.65 Å². The first kappa shape index (κ1) is 17.7. The lowest BCUT2D eigenvalue weighted by atomic mass is 9.78. The molecule has 2 aromatic heterocycles. The van der Waals surface area contributed by atoms with Crippen LogP contribution in [0.3, 0.4) is 0 Å². The van der Waals surface area contributed by atoms with Gasteiger partial charge in [0.05, 0.1) is 11.1 Å². The fourth-order valence-corrected chi connectivity index (χ4v) is 4.90. The molecule has 3 fully saturated rings. The van der Waals surface area contributed by atoms with Gasteiger partial charge in [-0.3, -0.25) is 9.59 Å². The summed E-state index contributed by atoms with van der Waals surface area (Å²) in [6.07, 6.45) is 10.4. The predicted molar refractivity (Wildman–Crippen MR) is 106 cm³/mol. The van der Waals surface area contributed by atoms with E-state index in [0.29, 0.717) is 31.8 Å². The van der Waals surface area contributed by atoms with Crippen molar-refractivity contribution in [3.8, 4) is 0 Å². The molecule has 2 amide bonds. The van der Waals surface area contributed by atoms with Crippen LogP contribution in [0.4, 0.5) is 0 Å². The van der Waals surface area contributed by atoms with Crippen molar-refractivity contribution in [3.05, 3.63) is 36.3 Å². The molecule has 2 aliphatic heterocycles. The number of aryl methyl sites for hydroxylation is 1. The lowest BCUT2D eigenvalue weighted by molar-refractivity contribution is -0.146. The van der Waals surface area contributed by atoms with Gasteiger partial charge >= 0.3 is 0 Å². The van der Waals surface area contributed by atoms with Crippen molar-refractivity contribution in [2.45, 2.75) is 44.9 Å². The van der Waals surface area contributed by atoms with E-state index >= 15 is 0 Å². The maximum atomic E-state index is 13.1. The van der Waals surface area contributed by atoms with Crippen molar-refractivity contribution in [2.75, 3.05) is 26.2 Å². The molecule has 28 heavy (non-hydrogen) atoms. The first-order chi connectivity index (χ1) is 13.6. The highest BCUT2D eigenvalue weighted by molar-refractivity contribution is 5.86. The summed E-state index contributed by atoms with van der Waals surface area (Å²) in [5, 5.41) is 0. The number of likely N-dealkylation sites (tertiary alicyclic amines) is 2. The van der Waals surface area contributed by atoms with Crippen LogP contribution in [0, 0.1) is 11.3 Å². The van der Waals surface area contributed by atoms with Crippen molar-refractivity contribution in [2.24, 2.45) is 11.3 Å². The van der Waals surface area contributed by atoms with Crippen molar-refractivity contribution in [1.29, 1.82) is 0 Å². The Morgan fingerprint density at radius 2 is 2.11 bits per heavy atom. The highest BCUT2D eigenvalue weighted by Crippen LogP contribution is 2.41. The van der Waals surface area contributed by atoms with Gasteiger partial charge in [0.1, 0.15) is 5.65 Å². The average Bonchev–Trinajstić information content (AvgIpc) is 3.26. The van der Waals surface area contributed by atoms with Gasteiger partial charge < -0.3 is 14.2 Å². The third kappa shape index (κ3) is 3.29. The Morgan fingerprint density at radius 3 is 2.93 bits per heavy atom. The third-order valence-corrected chi connectivity index (χ3v) is 6.72. The molecule has 1 spiro atoms. The molecule has 6 nitrogen and oxygen atoms in total. The topological polar surface area (TPSA) is 57.9 Å². The third-order valence-electron chi connectivity index (χ3n) is 6.72. The minimum absolute atomic E-state index is 0.154. The van der Waals surface area contributed by atoms with Crippen LogP contribution in [0.15, 0.2) is 30.6 Å². The van der Waals surface area contributed by atoms with Crippen molar-refractivity contribution in [3.63, 3.8) is 0 Å². The number of carbonyl (C=O) groups is 2. The molecule has 3 aliphatic rings. The number of aromatic nitrogens is 2. The Labute approximate surface area is 165 Å². The normalized spacial score (nSPS) is 25.2. The molecule has 6 heteroatoms. The van der Waals surface area contributed by atoms with E-state index in [2.05, 4.69) is 9.88 Å². The number of hydrogen-bond acceptors (Lipinski definition) is 3. The van der Waals surface area contributed by atoms with E-state index in [9.17, 15) is 9.59 Å². The largest absolute Gasteiger partial charge is 0.342 e. The van der Waals surface area contributed by atoms with Gasteiger partial charge in [0.25, 0.3) is 0 Å². The smallest absolute Gasteiger partial charge is 0.230 e. The number of carbonyl (C=O) groups excluding carboxylic acids is 2. The van der Waals surface area contributed by atoms with E-state index in [-0.39, 0.29) is 11.3 Å². The van der Waals surface area contributed by atoms with Gasteiger partial charge in [-0.2, -0.15) is 0 Å². The molecule has 5 rings (SSSR count). The number of rotatable bonds is 5. The number of nitrogens with zero attached hydrogens (tertiary/aromatic N) is 4. The van der Waals surface area contributed by atoms with E-state index in [1.54, 1.807) is 0 Å². The summed E-state index contributed by atoms with van der Waals surface area (Å²) >= 11 is 0. The number of fused-ring (bicyclic) bond motifs is 1. The number of pyridine rings is 1. The lowest BCUT2D eigenvalue weighted by Gasteiger charge is -2.39. The van der Waals surface area contributed by atoms with Crippen LogP contribution in [-0.2, 0) is 16.0 Å². The number of piperidine rings is 1. The van der Waals surface area contributed by atoms with Gasteiger partial charge in [0.15, 0.2) is 0 Å². The van der Waals surface area contributed by atoms with Gasteiger partial charge in [-0.1, -0.05) is 6.07 Å². The molecule has 0 N–H and O–H groups in total. The molecule has 1 saturated carbocycles. The molecular formula is C22H28N4O2. The summed E-state index contributed by atoms with van der Waals surface area (Å²) in [4.78, 5) is 34.5. The summed E-state index contributed by atoms with van der Waals surface area (Å²) in [6, 6.07) is 5.91. The summed E-state index contributed by atoms with van der Waals surface area (Å²) < 4.78 is 1.99. The fraction of sp³-hybridized carbons (Fsp3) is 0.591. The second-order valence-corrected chi connectivity index (χ2v) is 8.84. The first-order valence-electron chi connectivity index (χ1n) is 10.6. The summed E-state index contributed by atoms with van der Waals surface area (Å²) in [5.74, 6) is 1.19. The zero-order valence-corrected chi connectivity index (χ0v) is 16.3. The van der Waals surface area contributed by atoms with Crippen molar-refractivity contribution < 1.29 is 9.59 Å². The Kier molecular flexibility index (Phi) is 4.37. The van der Waals surface area contributed by atoms with E-state index < -0.39 is 0 Å². The second-order valence-electron chi connectivity index (χ2n) is 8.84. The van der Waals surface area contributed by atoms with Crippen LogP contribution < -0.4 is 0 Å². The monoisotopic (exact) mass is 380 g/mol. The zero-order valence-electron chi connectivity index (χ0n) is 16.3. The van der Waals surface area contributed by atoms with Gasteiger partial charge in [-0.05, 0) is 56.6 Å². The molecule has 0 radical (unpaired) electrons. The first-order valence-corrected chi connectivity index (χ1v) is 10.6.